The summed E-state index contributed by atoms with van der Waals surface area (Å²) in [5.41, 5.74) is 5.27. The van der Waals surface area contributed by atoms with E-state index in [1.54, 1.807) is 0 Å². The summed E-state index contributed by atoms with van der Waals surface area (Å²) in [5.74, 6) is -1.41. The first-order valence-corrected chi connectivity index (χ1v) is 5.29. The van der Waals surface area contributed by atoms with E-state index in [1.165, 1.54) is 25.0 Å². The lowest BCUT2D eigenvalue weighted by atomic mass is 10.4. The van der Waals surface area contributed by atoms with Crippen LogP contribution in [-0.4, -0.2) is 45.8 Å². The van der Waals surface area contributed by atoms with Crippen molar-refractivity contribution in [2.75, 3.05) is 12.8 Å². The second-order valence-electron chi connectivity index (χ2n) is 3.50. The first kappa shape index (κ1) is 14.4. The number of nitrogens with two attached hydrogens (primary N) is 1. The molecule has 10 nitrogen and oxygen atoms in total. The number of carbonyl (C=O) groups excluding carboxylic acids is 3. The van der Waals surface area contributed by atoms with Crippen molar-refractivity contribution in [1.82, 2.24) is 25.4 Å². The van der Waals surface area contributed by atoms with Gasteiger partial charge in [0.25, 0.3) is 5.91 Å². The topological polar surface area (TPSA) is 141 Å². The fourth-order valence-corrected chi connectivity index (χ4v) is 1.08. The molecule has 0 radical (unpaired) electrons. The highest BCUT2D eigenvalue weighted by molar-refractivity contribution is 5.96. The van der Waals surface area contributed by atoms with E-state index in [9.17, 15) is 14.4 Å². The number of hydrogen-bond donors (Lipinski definition) is 3. The zero-order valence-electron chi connectivity index (χ0n) is 10.4. The van der Waals surface area contributed by atoms with Crippen LogP contribution in [0, 0.1) is 0 Å². The van der Waals surface area contributed by atoms with Crippen LogP contribution in [-0.2, 0) is 20.9 Å². The van der Waals surface area contributed by atoms with Crippen LogP contribution in [0.3, 0.4) is 0 Å². The first-order valence-electron chi connectivity index (χ1n) is 5.29. The van der Waals surface area contributed by atoms with E-state index in [-0.39, 0.29) is 12.5 Å². The van der Waals surface area contributed by atoms with Crippen molar-refractivity contribution in [1.29, 1.82) is 0 Å². The maximum absolute atomic E-state index is 11.5. The highest BCUT2D eigenvalue weighted by Gasteiger charge is 2.19. The number of aromatic nitrogens is 3. The molecule has 0 bridgehead atoms. The minimum Gasteiger partial charge on any atom is -0.451 e. The molecule has 1 rings (SSSR count). The largest absolute Gasteiger partial charge is 0.451 e. The maximum atomic E-state index is 11.5. The van der Waals surface area contributed by atoms with Gasteiger partial charge < -0.3 is 15.8 Å². The number of hydrogen-bond acceptors (Lipinski definition) is 7. The molecule has 1 atom stereocenters. The van der Waals surface area contributed by atoms with E-state index in [0.717, 1.165) is 0 Å². The minimum atomic E-state index is -1.11. The Balaban J connectivity index is 2.43. The number of anilines is 1. The van der Waals surface area contributed by atoms with Gasteiger partial charge in [-0.15, -0.1) is 5.10 Å². The van der Waals surface area contributed by atoms with E-state index in [0.29, 0.717) is 0 Å². The standard InChI is InChI=1S/C9H14N6O4/c1-5(7(17)13-9(18)11-2)19-6(16)3-15-4-12-8(10)14-15/h4-5H,3H2,1-2H3,(H2,10,14)(H2,11,13,17,18). The van der Waals surface area contributed by atoms with Gasteiger partial charge >= 0.3 is 12.0 Å². The molecule has 1 heterocycles. The summed E-state index contributed by atoms with van der Waals surface area (Å²) in [6.45, 7) is 1.10. The van der Waals surface area contributed by atoms with Crippen molar-refractivity contribution in [3.63, 3.8) is 0 Å². The SMILES string of the molecule is CNC(=O)NC(=O)C(C)OC(=O)Cn1cnc(N)n1. The Morgan fingerprint density at radius 1 is 1.53 bits per heavy atom. The lowest BCUT2D eigenvalue weighted by molar-refractivity contribution is -0.155. The summed E-state index contributed by atoms with van der Waals surface area (Å²) in [5, 5.41) is 7.86. The van der Waals surface area contributed by atoms with Crippen molar-refractivity contribution in [3.8, 4) is 0 Å². The van der Waals surface area contributed by atoms with E-state index in [4.69, 9.17) is 10.5 Å². The van der Waals surface area contributed by atoms with Crippen LogP contribution in [0.25, 0.3) is 0 Å². The molecule has 4 N–H and O–H groups in total. The third-order valence-corrected chi connectivity index (χ3v) is 1.99. The van der Waals surface area contributed by atoms with Gasteiger partial charge in [-0.2, -0.15) is 0 Å². The lowest BCUT2D eigenvalue weighted by Crippen LogP contribution is -2.43. The predicted molar refractivity (Wildman–Crippen MR) is 62.6 cm³/mol. The molecule has 0 saturated carbocycles. The van der Waals surface area contributed by atoms with Crippen LogP contribution < -0.4 is 16.4 Å². The Morgan fingerprint density at radius 3 is 2.74 bits per heavy atom. The van der Waals surface area contributed by atoms with Gasteiger partial charge in [0.15, 0.2) is 6.10 Å². The summed E-state index contributed by atoms with van der Waals surface area (Å²) in [7, 11) is 1.36. The quantitative estimate of drug-likeness (QED) is 0.550. The maximum Gasteiger partial charge on any atom is 0.328 e. The fraction of sp³-hybridized carbons (Fsp3) is 0.444. The average molecular weight is 270 g/mol. The molecule has 0 fully saturated rings. The summed E-state index contributed by atoms with van der Waals surface area (Å²) in [4.78, 5) is 37.4. The average Bonchev–Trinajstić information content (AvgIpc) is 2.74. The zero-order valence-corrected chi connectivity index (χ0v) is 10.4. The van der Waals surface area contributed by atoms with Gasteiger partial charge in [-0.05, 0) is 6.92 Å². The monoisotopic (exact) mass is 270 g/mol. The van der Waals surface area contributed by atoms with Gasteiger partial charge in [0.1, 0.15) is 12.9 Å². The molecule has 0 spiro atoms. The molecular formula is C9H14N6O4. The molecular weight excluding hydrogens is 256 g/mol. The van der Waals surface area contributed by atoms with Crippen LogP contribution in [0.2, 0.25) is 0 Å². The Labute approximate surface area is 108 Å². The number of imide groups is 1. The smallest absolute Gasteiger partial charge is 0.328 e. The van der Waals surface area contributed by atoms with E-state index >= 15 is 0 Å². The molecule has 1 unspecified atom stereocenters. The molecule has 104 valence electrons. The Hall–Kier alpha value is -2.65. The number of nitrogens with zero attached hydrogens (tertiary/aromatic N) is 3. The number of nitrogens with one attached hydrogen (secondary N) is 2. The van der Waals surface area contributed by atoms with Crippen molar-refractivity contribution < 1.29 is 19.1 Å². The van der Waals surface area contributed by atoms with Gasteiger partial charge in [0, 0.05) is 7.05 Å². The molecule has 10 heteroatoms. The van der Waals surface area contributed by atoms with Crippen molar-refractivity contribution in [3.05, 3.63) is 6.33 Å². The van der Waals surface area contributed by atoms with Gasteiger partial charge in [0.05, 0.1) is 0 Å². The summed E-state index contributed by atoms with van der Waals surface area (Å²) in [6, 6.07) is -0.683. The lowest BCUT2D eigenvalue weighted by Gasteiger charge is -2.12. The van der Waals surface area contributed by atoms with E-state index in [2.05, 4.69) is 15.4 Å². The molecule has 0 aliphatic heterocycles. The zero-order chi connectivity index (χ0) is 14.4. The van der Waals surface area contributed by atoms with E-state index in [1.807, 2.05) is 5.32 Å². The van der Waals surface area contributed by atoms with Crippen LogP contribution >= 0.6 is 0 Å². The number of rotatable bonds is 4. The molecule has 0 aromatic carbocycles. The molecule has 3 amide bonds. The molecule has 1 aromatic heterocycles. The van der Waals surface area contributed by atoms with Crippen LogP contribution in [0.5, 0.6) is 0 Å². The Bertz CT molecular complexity index is 485. The summed E-state index contributed by atoms with van der Waals surface area (Å²) >= 11 is 0. The fourth-order valence-electron chi connectivity index (χ4n) is 1.08. The van der Waals surface area contributed by atoms with Gasteiger partial charge in [0.2, 0.25) is 5.95 Å². The van der Waals surface area contributed by atoms with Gasteiger partial charge in [-0.3, -0.25) is 14.9 Å². The van der Waals surface area contributed by atoms with Gasteiger partial charge in [-0.1, -0.05) is 0 Å². The van der Waals surface area contributed by atoms with Crippen molar-refractivity contribution >= 4 is 23.9 Å². The molecule has 0 aliphatic carbocycles. The number of nitrogen functional groups attached to an aromatic ring is 1. The predicted octanol–water partition coefficient (Wildman–Crippen LogP) is -1.75. The van der Waals surface area contributed by atoms with Crippen LogP contribution in [0.15, 0.2) is 6.33 Å². The highest BCUT2D eigenvalue weighted by atomic mass is 16.5. The molecule has 19 heavy (non-hydrogen) atoms. The van der Waals surface area contributed by atoms with Crippen molar-refractivity contribution in [2.24, 2.45) is 0 Å². The number of urea groups is 1. The van der Waals surface area contributed by atoms with Crippen LogP contribution in [0.4, 0.5) is 10.7 Å². The summed E-state index contributed by atoms with van der Waals surface area (Å²) in [6.07, 6.45) is 0.150. The third-order valence-electron chi connectivity index (χ3n) is 1.99. The Kier molecular flexibility index (Phi) is 4.80. The van der Waals surface area contributed by atoms with Crippen molar-refractivity contribution in [2.45, 2.75) is 19.6 Å². The van der Waals surface area contributed by atoms with Gasteiger partial charge in [-0.25, -0.2) is 14.5 Å². The second kappa shape index (κ2) is 6.33. The minimum absolute atomic E-state index is 0.0261. The number of amides is 3. The third kappa shape index (κ3) is 4.61. The second-order valence-corrected chi connectivity index (χ2v) is 3.50. The Morgan fingerprint density at radius 2 is 2.21 bits per heavy atom. The normalized spacial score (nSPS) is 11.5. The number of carbonyl (C=O) groups is 3. The molecule has 1 aromatic rings. The molecule has 0 saturated heterocycles. The number of esters is 1. The summed E-state index contributed by atoms with van der Waals surface area (Å²) < 4.78 is 5.98. The van der Waals surface area contributed by atoms with E-state index < -0.39 is 24.0 Å². The molecule has 0 aliphatic rings. The highest BCUT2D eigenvalue weighted by Crippen LogP contribution is 1.96. The first-order chi connectivity index (χ1) is 8.92. The number of ether oxygens (including phenoxy) is 1. The van der Waals surface area contributed by atoms with Crippen LogP contribution in [0.1, 0.15) is 6.92 Å².